The maximum Gasteiger partial charge on any atom is 0.175 e. The van der Waals surface area contributed by atoms with Crippen molar-refractivity contribution in [2.24, 2.45) is 0 Å². The van der Waals surface area contributed by atoms with Crippen molar-refractivity contribution >= 4 is 46.3 Å². The molecule has 3 rings (SSSR count). The molecule has 120 valence electrons. The van der Waals surface area contributed by atoms with Gasteiger partial charge in [-0.25, -0.2) is 9.37 Å². The van der Waals surface area contributed by atoms with Crippen molar-refractivity contribution < 1.29 is 4.39 Å². The van der Waals surface area contributed by atoms with Gasteiger partial charge in [0, 0.05) is 16.3 Å². The summed E-state index contributed by atoms with van der Waals surface area (Å²) in [5.41, 5.74) is 1.18. The molecule has 24 heavy (non-hydrogen) atoms. The van der Waals surface area contributed by atoms with Crippen LogP contribution in [-0.4, -0.2) is 20.2 Å². The van der Waals surface area contributed by atoms with Crippen molar-refractivity contribution in [2.75, 3.05) is 0 Å². The van der Waals surface area contributed by atoms with Gasteiger partial charge < -0.3 is 0 Å². The third-order valence-electron chi connectivity index (χ3n) is 2.85. The normalized spacial score (nSPS) is 10.6. The highest BCUT2D eigenvalue weighted by Crippen LogP contribution is 2.35. The number of benzene rings is 1. The van der Waals surface area contributed by atoms with Crippen LogP contribution in [0.2, 0.25) is 10.0 Å². The molecule has 2 heterocycles. The molecule has 1 aromatic carbocycles. The third-order valence-corrected chi connectivity index (χ3v) is 5.72. The summed E-state index contributed by atoms with van der Waals surface area (Å²) in [5, 5.41) is 17.9. The number of nitriles is 1. The van der Waals surface area contributed by atoms with E-state index in [1.54, 1.807) is 0 Å². The van der Waals surface area contributed by atoms with Crippen LogP contribution in [0, 0.1) is 17.1 Å². The lowest BCUT2D eigenvalue weighted by atomic mass is 10.2. The average Bonchev–Trinajstić information content (AvgIpc) is 3.07. The lowest BCUT2D eigenvalue weighted by Crippen LogP contribution is -1.89. The molecule has 2 aromatic heterocycles. The molecule has 0 fully saturated rings. The van der Waals surface area contributed by atoms with Crippen molar-refractivity contribution in [2.45, 2.75) is 10.1 Å². The zero-order chi connectivity index (χ0) is 17.1. The zero-order valence-corrected chi connectivity index (χ0v) is 14.8. The SMILES string of the molecule is N#Cc1cncc(-c2nnc(SCc3c(Cl)ccc(F)c3Cl)s2)n1. The molecular weight excluding hydrogens is 392 g/mol. The van der Waals surface area contributed by atoms with E-state index in [4.69, 9.17) is 28.5 Å². The number of rotatable bonds is 4. The van der Waals surface area contributed by atoms with Gasteiger partial charge in [0.15, 0.2) is 15.0 Å². The number of halogens is 3. The van der Waals surface area contributed by atoms with E-state index >= 15 is 0 Å². The Labute approximate surface area is 154 Å². The van der Waals surface area contributed by atoms with E-state index in [1.807, 2.05) is 6.07 Å². The molecule has 0 aliphatic rings. The van der Waals surface area contributed by atoms with Gasteiger partial charge >= 0.3 is 0 Å². The van der Waals surface area contributed by atoms with Gasteiger partial charge in [0.2, 0.25) is 0 Å². The van der Waals surface area contributed by atoms with E-state index in [0.29, 0.717) is 31.4 Å². The molecule has 0 aliphatic heterocycles. The van der Waals surface area contributed by atoms with Crippen molar-refractivity contribution in [1.82, 2.24) is 20.2 Å². The summed E-state index contributed by atoms with van der Waals surface area (Å²) in [6.45, 7) is 0. The Balaban J connectivity index is 1.78. The second-order valence-corrected chi connectivity index (χ2v) is 7.37. The summed E-state index contributed by atoms with van der Waals surface area (Å²) >= 11 is 14.6. The molecule has 3 aromatic rings. The molecule has 5 nitrogen and oxygen atoms in total. The largest absolute Gasteiger partial charge is 0.259 e. The fraction of sp³-hybridized carbons (Fsp3) is 0.0714. The quantitative estimate of drug-likeness (QED) is 0.472. The molecule has 0 unspecified atom stereocenters. The number of nitrogens with zero attached hydrogens (tertiary/aromatic N) is 5. The fourth-order valence-corrected chi connectivity index (χ4v) is 4.24. The van der Waals surface area contributed by atoms with Gasteiger partial charge in [-0.1, -0.05) is 46.3 Å². The lowest BCUT2D eigenvalue weighted by molar-refractivity contribution is 0.627. The highest BCUT2D eigenvalue weighted by molar-refractivity contribution is 8.00. The van der Waals surface area contributed by atoms with Crippen molar-refractivity contribution in [3.05, 3.63) is 51.6 Å². The lowest BCUT2D eigenvalue weighted by Gasteiger charge is -2.05. The summed E-state index contributed by atoms with van der Waals surface area (Å²) in [6, 6.07) is 4.61. The first-order valence-electron chi connectivity index (χ1n) is 6.39. The van der Waals surface area contributed by atoms with Gasteiger partial charge in [0.25, 0.3) is 0 Å². The topological polar surface area (TPSA) is 75.3 Å². The number of hydrogen-bond acceptors (Lipinski definition) is 7. The van der Waals surface area contributed by atoms with Crippen molar-refractivity contribution in [1.29, 1.82) is 5.26 Å². The second kappa shape index (κ2) is 7.40. The van der Waals surface area contributed by atoms with Crippen molar-refractivity contribution in [3.8, 4) is 16.8 Å². The first kappa shape index (κ1) is 17.0. The van der Waals surface area contributed by atoms with Crippen LogP contribution in [0.5, 0.6) is 0 Å². The van der Waals surface area contributed by atoms with E-state index in [1.165, 1.54) is 47.6 Å². The minimum Gasteiger partial charge on any atom is -0.259 e. The predicted octanol–water partition coefficient (Wildman–Crippen LogP) is 4.60. The Morgan fingerprint density at radius 3 is 2.88 bits per heavy atom. The molecule has 0 spiro atoms. The highest BCUT2D eigenvalue weighted by atomic mass is 35.5. The molecule has 0 N–H and O–H groups in total. The Hall–Kier alpha value is -1.79. The molecule has 0 radical (unpaired) electrons. The fourth-order valence-electron chi connectivity index (χ4n) is 1.73. The van der Waals surface area contributed by atoms with Gasteiger partial charge in [-0.05, 0) is 12.1 Å². The zero-order valence-electron chi connectivity index (χ0n) is 11.7. The van der Waals surface area contributed by atoms with Gasteiger partial charge in [-0.3, -0.25) is 4.98 Å². The average molecular weight is 398 g/mol. The first-order valence-corrected chi connectivity index (χ1v) is 8.95. The van der Waals surface area contributed by atoms with Crippen LogP contribution in [0.4, 0.5) is 4.39 Å². The summed E-state index contributed by atoms with van der Waals surface area (Å²) in [6.07, 6.45) is 2.88. The molecule has 0 aliphatic carbocycles. The summed E-state index contributed by atoms with van der Waals surface area (Å²) in [7, 11) is 0. The Morgan fingerprint density at radius 2 is 2.08 bits per heavy atom. The van der Waals surface area contributed by atoms with Gasteiger partial charge in [0.1, 0.15) is 17.6 Å². The smallest absolute Gasteiger partial charge is 0.175 e. The van der Waals surface area contributed by atoms with Gasteiger partial charge in [0.05, 0.1) is 17.4 Å². The molecule has 0 bridgehead atoms. The monoisotopic (exact) mass is 397 g/mol. The molecule has 0 saturated carbocycles. The van der Waals surface area contributed by atoms with Crippen LogP contribution in [0.1, 0.15) is 11.3 Å². The number of thioether (sulfide) groups is 1. The maximum atomic E-state index is 13.5. The number of hydrogen-bond donors (Lipinski definition) is 0. The van der Waals surface area contributed by atoms with E-state index in [2.05, 4.69) is 20.2 Å². The molecular formula is C14H6Cl2FN5S2. The van der Waals surface area contributed by atoms with Crippen molar-refractivity contribution in [3.63, 3.8) is 0 Å². The summed E-state index contributed by atoms with van der Waals surface area (Å²) in [5.74, 6) is -0.160. The van der Waals surface area contributed by atoms with Gasteiger partial charge in [-0.2, -0.15) is 5.26 Å². The third kappa shape index (κ3) is 3.65. The standard InChI is InChI=1S/C14H6Cl2FN5S2/c15-9-1-2-10(17)12(16)8(9)6-23-14-22-21-13(24-14)11-5-19-4-7(3-18)20-11/h1-2,4-5H,6H2. The van der Waals surface area contributed by atoms with Gasteiger partial charge in [-0.15, -0.1) is 10.2 Å². The second-order valence-electron chi connectivity index (χ2n) is 4.38. The molecule has 0 saturated heterocycles. The van der Waals surface area contributed by atoms with Crippen LogP contribution >= 0.6 is 46.3 Å². The summed E-state index contributed by atoms with van der Waals surface area (Å²) < 4.78 is 14.2. The Kier molecular flexibility index (Phi) is 5.26. The van der Waals surface area contributed by atoms with E-state index in [9.17, 15) is 4.39 Å². The van der Waals surface area contributed by atoms with E-state index in [0.717, 1.165) is 0 Å². The van der Waals surface area contributed by atoms with Crippen LogP contribution in [0.3, 0.4) is 0 Å². The minimum absolute atomic E-state index is 0.00678. The van der Waals surface area contributed by atoms with Crippen LogP contribution in [0.25, 0.3) is 10.7 Å². The van der Waals surface area contributed by atoms with Crippen LogP contribution in [-0.2, 0) is 5.75 Å². The molecule has 10 heteroatoms. The number of aromatic nitrogens is 4. The Bertz CT molecular complexity index is 941. The maximum absolute atomic E-state index is 13.5. The highest BCUT2D eigenvalue weighted by Gasteiger charge is 2.14. The first-order chi connectivity index (χ1) is 11.6. The molecule has 0 amide bonds. The van der Waals surface area contributed by atoms with E-state index in [-0.39, 0.29) is 10.7 Å². The minimum atomic E-state index is -0.516. The molecule has 0 atom stereocenters. The van der Waals surface area contributed by atoms with Crippen LogP contribution in [0.15, 0.2) is 28.9 Å². The Morgan fingerprint density at radius 1 is 1.25 bits per heavy atom. The van der Waals surface area contributed by atoms with Crippen LogP contribution < -0.4 is 0 Å². The predicted molar refractivity (Wildman–Crippen MR) is 91.6 cm³/mol. The summed E-state index contributed by atoms with van der Waals surface area (Å²) in [4.78, 5) is 8.05. The van der Waals surface area contributed by atoms with E-state index < -0.39 is 5.82 Å².